The van der Waals surface area contributed by atoms with Gasteiger partial charge in [0.2, 0.25) is 11.8 Å². The molecule has 3 atom stereocenters. The minimum Gasteiger partial charge on any atom is -0.322 e. The Morgan fingerprint density at radius 1 is 1.06 bits per heavy atom. The number of nitrogens with one attached hydrogen (secondary N) is 2. The van der Waals surface area contributed by atoms with Gasteiger partial charge in [-0.2, -0.15) is 0 Å². The molecule has 3 saturated carbocycles. The summed E-state index contributed by atoms with van der Waals surface area (Å²) in [7, 11) is 0. The Morgan fingerprint density at radius 3 is 2.57 bits per heavy atom. The fourth-order valence-electron chi connectivity index (χ4n) is 8.40. The second-order valence-corrected chi connectivity index (χ2v) is 13.0. The SMILES string of the molecule is CC1(C)CC2(CC(N[C@H]3CCCC[C@@H]3Cc3ccc4c(c3)CN(C3CCC(=O)NC3=O)C4=O)C2)C1. The topological polar surface area (TPSA) is 78.5 Å². The van der Waals surface area contributed by atoms with Crippen molar-refractivity contribution in [2.45, 2.75) is 109 Å². The molecule has 6 nitrogen and oxygen atoms in total. The van der Waals surface area contributed by atoms with Crippen molar-refractivity contribution in [1.82, 2.24) is 15.5 Å². The molecule has 1 saturated heterocycles. The molecule has 1 spiro atoms. The lowest BCUT2D eigenvalue weighted by molar-refractivity contribution is -0.136. The first-order valence-electron chi connectivity index (χ1n) is 13.7. The van der Waals surface area contributed by atoms with E-state index in [1.165, 1.54) is 56.9 Å². The van der Waals surface area contributed by atoms with E-state index in [0.29, 0.717) is 47.4 Å². The summed E-state index contributed by atoms with van der Waals surface area (Å²) in [5, 5.41) is 6.45. The van der Waals surface area contributed by atoms with Crippen molar-refractivity contribution in [3.8, 4) is 0 Å². The second-order valence-electron chi connectivity index (χ2n) is 13.0. The van der Waals surface area contributed by atoms with Crippen LogP contribution in [0.4, 0.5) is 0 Å². The number of carbonyl (C=O) groups is 3. The van der Waals surface area contributed by atoms with Gasteiger partial charge in [0.15, 0.2) is 0 Å². The molecule has 3 aliphatic carbocycles. The summed E-state index contributed by atoms with van der Waals surface area (Å²) < 4.78 is 0. The molecule has 1 unspecified atom stereocenters. The molecule has 2 heterocycles. The van der Waals surface area contributed by atoms with Gasteiger partial charge in [0.05, 0.1) is 0 Å². The molecule has 1 aromatic carbocycles. The molecule has 35 heavy (non-hydrogen) atoms. The summed E-state index contributed by atoms with van der Waals surface area (Å²) in [5.74, 6) is -0.0419. The van der Waals surface area contributed by atoms with Gasteiger partial charge in [-0.05, 0) is 85.3 Å². The molecule has 6 heteroatoms. The third kappa shape index (κ3) is 4.32. The van der Waals surface area contributed by atoms with Crippen LogP contribution in [0.25, 0.3) is 0 Å². The molecule has 6 rings (SSSR count). The number of rotatable bonds is 5. The molecular weight excluding hydrogens is 438 g/mol. The maximum Gasteiger partial charge on any atom is 0.255 e. The van der Waals surface area contributed by atoms with Gasteiger partial charge in [0, 0.05) is 30.6 Å². The van der Waals surface area contributed by atoms with Gasteiger partial charge in [-0.15, -0.1) is 0 Å². The Labute approximate surface area is 208 Å². The first kappa shape index (κ1) is 23.2. The van der Waals surface area contributed by atoms with Gasteiger partial charge in [0.25, 0.3) is 5.91 Å². The van der Waals surface area contributed by atoms with Crippen molar-refractivity contribution >= 4 is 17.7 Å². The Kier molecular flexibility index (Phi) is 5.59. The van der Waals surface area contributed by atoms with Crippen LogP contribution in [0.1, 0.15) is 99.5 Å². The smallest absolute Gasteiger partial charge is 0.255 e. The number of fused-ring (bicyclic) bond motifs is 1. The zero-order chi connectivity index (χ0) is 24.4. The molecular formula is C29H39N3O3. The zero-order valence-electron chi connectivity index (χ0n) is 21.2. The van der Waals surface area contributed by atoms with Crippen LogP contribution in [-0.4, -0.2) is 40.7 Å². The normalized spacial score (nSPS) is 31.7. The lowest BCUT2D eigenvalue weighted by Crippen LogP contribution is -2.60. The maximum absolute atomic E-state index is 13.0. The van der Waals surface area contributed by atoms with Crippen LogP contribution in [0.2, 0.25) is 0 Å². The molecule has 0 radical (unpaired) electrons. The number of amides is 3. The number of carbonyl (C=O) groups excluding carboxylic acids is 3. The average molecular weight is 478 g/mol. The van der Waals surface area contributed by atoms with E-state index in [0.717, 1.165) is 12.0 Å². The van der Waals surface area contributed by atoms with E-state index in [4.69, 9.17) is 0 Å². The van der Waals surface area contributed by atoms with Gasteiger partial charge in [0.1, 0.15) is 6.04 Å². The largest absolute Gasteiger partial charge is 0.322 e. The monoisotopic (exact) mass is 477 g/mol. The quantitative estimate of drug-likeness (QED) is 0.626. The number of hydrogen-bond donors (Lipinski definition) is 2. The van der Waals surface area contributed by atoms with Crippen LogP contribution >= 0.6 is 0 Å². The van der Waals surface area contributed by atoms with Crippen molar-refractivity contribution in [1.29, 1.82) is 0 Å². The Bertz CT molecular complexity index is 1050. The van der Waals surface area contributed by atoms with Gasteiger partial charge in [-0.3, -0.25) is 19.7 Å². The summed E-state index contributed by atoms with van der Waals surface area (Å²) >= 11 is 0. The van der Waals surface area contributed by atoms with Crippen LogP contribution in [-0.2, 0) is 22.6 Å². The first-order chi connectivity index (χ1) is 16.7. The van der Waals surface area contributed by atoms with E-state index >= 15 is 0 Å². The molecule has 5 aliphatic rings. The number of piperidine rings is 1. The molecule has 188 valence electrons. The van der Waals surface area contributed by atoms with Crippen LogP contribution in [0.5, 0.6) is 0 Å². The predicted octanol–water partition coefficient (Wildman–Crippen LogP) is 4.11. The lowest BCUT2D eigenvalue weighted by Gasteiger charge is -2.62. The highest BCUT2D eigenvalue weighted by atomic mass is 16.2. The summed E-state index contributed by atoms with van der Waals surface area (Å²) in [6, 6.07) is 7.00. The van der Waals surface area contributed by atoms with Crippen molar-refractivity contribution in [3.63, 3.8) is 0 Å². The van der Waals surface area contributed by atoms with E-state index in [2.05, 4.69) is 36.6 Å². The maximum atomic E-state index is 13.0. The summed E-state index contributed by atoms with van der Waals surface area (Å²) in [5.41, 5.74) is 4.23. The van der Waals surface area contributed by atoms with Crippen LogP contribution in [0.15, 0.2) is 18.2 Å². The van der Waals surface area contributed by atoms with Crippen molar-refractivity contribution in [2.75, 3.05) is 0 Å². The van der Waals surface area contributed by atoms with E-state index in [9.17, 15) is 14.4 Å². The molecule has 4 fully saturated rings. The molecule has 2 aliphatic heterocycles. The summed E-state index contributed by atoms with van der Waals surface area (Å²) in [4.78, 5) is 38.5. The Morgan fingerprint density at radius 2 is 1.83 bits per heavy atom. The van der Waals surface area contributed by atoms with Crippen molar-refractivity contribution < 1.29 is 14.4 Å². The third-order valence-electron chi connectivity index (χ3n) is 9.51. The molecule has 2 N–H and O–H groups in total. The van der Waals surface area contributed by atoms with Gasteiger partial charge in [-0.25, -0.2) is 0 Å². The molecule has 1 aromatic rings. The van der Waals surface area contributed by atoms with Gasteiger partial charge >= 0.3 is 0 Å². The predicted molar refractivity (Wildman–Crippen MR) is 134 cm³/mol. The summed E-state index contributed by atoms with van der Waals surface area (Å²) in [6.45, 7) is 5.27. The van der Waals surface area contributed by atoms with E-state index in [1.807, 2.05) is 6.07 Å². The second kappa shape index (κ2) is 8.43. The standard InChI is InChI=1S/C29H39N3O3/c1-28(2)16-29(17-28)13-21(14-29)30-23-6-4-3-5-19(23)11-18-7-8-22-20(12-18)15-32(27(22)35)24-9-10-25(33)31-26(24)34/h7-8,12,19,21,23-24,30H,3-6,9-11,13-17H2,1-2H3,(H,31,33,34)/t19-,23+,24?/m1/s1. The highest BCUT2D eigenvalue weighted by Gasteiger charge is 2.56. The fourth-order valence-corrected chi connectivity index (χ4v) is 8.40. The van der Waals surface area contributed by atoms with Gasteiger partial charge < -0.3 is 10.2 Å². The molecule has 0 bridgehead atoms. The fraction of sp³-hybridized carbons (Fsp3) is 0.690. The Hall–Kier alpha value is -2.21. The van der Waals surface area contributed by atoms with Crippen LogP contribution in [0.3, 0.4) is 0 Å². The molecule has 0 aromatic heterocycles. The van der Waals surface area contributed by atoms with Gasteiger partial charge in [-0.1, -0.05) is 38.8 Å². The van der Waals surface area contributed by atoms with Crippen molar-refractivity contribution in [2.24, 2.45) is 16.7 Å². The molecule has 3 amide bonds. The lowest BCUT2D eigenvalue weighted by atomic mass is 9.45. The van der Waals surface area contributed by atoms with Crippen LogP contribution in [0, 0.1) is 16.7 Å². The summed E-state index contributed by atoms with van der Waals surface area (Å²) in [6.07, 6.45) is 12.4. The van der Waals surface area contributed by atoms with E-state index < -0.39 is 6.04 Å². The average Bonchev–Trinajstić information content (AvgIpc) is 3.08. The number of benzene rings is 1. The van der Waals surface area contributed by atoms with Crippen molar-refractivity contribution in [3.05, 3.63) is 34.9 Å². The first-order valence-corrected chi connectivity index (χ1v) is 13.7. The number of hydrogen-bond acceptors (Lipinski definition) is 4. The zero-order valence-corrected chi connectivity index (χ0v) is 21.2. The highest BCUT2D eigenvalue weighted by Crippen LogP contribution is 2.64. The van der Waals surface area contributed by atoms with E-state index in [-0.39, 0.29) is 24.1 Å². The highest BCUT2D eigenvalue weighted by molar-refractivity contribution is 6.05. The van der Waals surface area contributed by atoms with Crippen LogP contribution < -0.4 is 10.6 Å². The number of nitrogens with zero attached hydrogens (tertiary/aromatic N) is 1. The minimum atomic E-state index is -0.546. The number of imide groups is 1. The third-order valence-corrected chi connectivity index (χ3v) is 9.51. The van der Waals surface area contributed by atoms with E-state index in [1.54, 1.807) is 4.90 Å². The Balaban J connectivity index is 1.09. The minimum absolute atomic E-state index is 0.0867.